The molecule has 0 saturated heterocycles. The first-order chi connectivity index (χ1) is 11.5. The van der Waals surface area contributed by atoms with E-state index in [0.717, 1.165) is 36.6 Å². The van der Waals surface area contributed by atoms with Crippen molar-refractivity contribution in [2.45, 2.75) is 6.42 Å². The van der Waals surface area contributed by atoms with Crippen LogP contribution in [0.3, 0.4) is 0 Å². The van der Waals surface area contributed by atoms with Gasteiger partial charge >= 0.3 is 0 Å². The number of nitrogens with zero attached hydrogens (tertiary/aromatic N) is 3. The van der Waals surface area contributed by atoms with Gasteiger partial charge in [0, 0.05) is 54.9 Å². The van der Waals surface area contributed by atoms with Crippen LogP contribution in [0.4, 0.5) is 4.39 Å². The Kier molecular flexibility index (Phi) is 3.76. The van der Waals surface area contributed by atoms with E-state index in [1.807, 2.05) is 18.2 Å². The van der Waals surface area contributed by atoms with Crippen molar-refractivity contribution in [3.05, 3.63) is 64.6 Å². The molecule has 0 amide bonds. The first-order valence-corrected chi connectivity index (χ1v) is 10.4. The summed E-state index contributed by atoms with van der Waals surface area (Å²) < 4.78 is 13.7. The summed E-state index contributed by atoms with van der Waals surface area (Å²) in [6.45, 7) is 1.99. The van der Waals surface area contributed by atoms with Crippen LogP contribution in [0, 0.1) is 5.82 Å². The number of hydrogen-bond acceptors (Lipinski definition) is 3. The monoisotopic (exact) mass is 343 g/mol. The number of hydrogen-bond donors (Lipinski definition) is 0. The molecular formula is C19H22FN3S. The molecule has 2 aromatic rings. The fraction of sp³-hybridized carbons (Fsp3) is 0.316. The summed E-state index contributed by atoms with van der Waals surface area (Å²) in [5, 5.41) is 2.99. The molecular weight excluding hydrogens is 321 g/mol. The van der Waals surface area contributed by atoms with Gasteiger partial charge in [-0.2, -0.15) is 10.0 Å². The molecule has 3 nitrogen and oxygen atoms in total. The second-order valence-corrected chi connectivity index (χ2v) is 10.1. The second-order valence-electron chi connectivity index (χ2n) is 6.75. The van der Waals surface area contributed by atoms with Gasteiger partial charge in [-0.3, -0.25) is 4.98 Å². The quantitative estimate of drug-likeness (QED) is 0.843. The Morgan fingerprint density at radius 3 is 3.00 bits per heavy atom. The molecule has 1 atom stereocenters. The predicted octanol–water partition coefficient (Wildman–Crippen LogP) is 3.88. The second kappa shape index (κ2) is 5.81. The van der Waals surface area contributed by atoms with E-state index in [2.05, 4.69) is 45.9 Å². The maximum Gasteiger partial charge on any atom is 0.132 e. The van der Waals surface area contributed by atoms with Gasteiger partial charge in [-0.25, -0.2) is 4.39 Å². The average molecular weight is 343 g/mol. The van der Waals surface area contributed by atoms with Crippen LogP contribution in [0.1, 0.15) is 5.69 Å². The Labute approximate surface area is 143 Å². The standard InChI is InChI=1S/C19H22FN3S/c1-22-10-11-24(2)14-23(13-16(24)12-22)9-8-15-6-7-17-18(20)4-3-5-19(17)21-15/h3-7,10-11,13H,8-9,12,14H2,1-2H3. The smallest absolute Gasteiger partial charge is 0.132 e. The van der Waals surface area contributed by atoms with E-state index in [1.54, 1.807) is 11.0 Å². The summed E-state index contributed by atoms with van der Waals surface area (Å²) in [5.74, 6) is 0.904. The minimum Gasteiger partial charge on any atom is -0.375 e. The lowest BCUT2D eigenvalue weighted by Gasteiger charge is -2.37. The van der Waals surface area contributed by atoms with Gasteiger partial charge < -0.3 is 9.80 Å². The van der Waals surface area contributed by atoms with Crippen molar-refractivity contribution < 1.29 is 4.39 Å². The summed E-state index contributed by atoms with van der Waals surface area (Å²) in [5.41, 5.74) is 1.76. The summed E-state index contributed by atoms with van der Waals surface area (Å²) in [7, 11) is 1.34. The van der Waals surface area contributed by atoms with Crippen LogP contribution in [-0.2, 0) is 6.42 Å². The van der Waals surface area contributed by atoms with E-state index < -0.39 is 10.0 Å². The maximum atomic E-state index is 13.7. The molecule has 126 valence electrons. The Hall–Kier alpha value is -2.01. The van der Waals surface area contributed by atoms with Gasteiger partial charge in [0.05, 0.1) is 11.4 Å². The van der Waals surface area contributed by atoms with Gasteiger partial charge in [0.25, 0.3) is 0 Å². The third kappa shape index (κ3) is 2.77. The molecule has 0 bridgehead atoms. The zero-order valence-corrected chi connectivity index (χ0v) is 14.9. The van der Waals surface area contributed by atoms with Crippen molar-refractivity contribution >= 4 is 20.9 Å². The first kappa shape index (κ1) is 15.5. The van der Waals surface area contributed by atoms with Crippen LogP contribution in [0.25, 0.3) is 10.9 Å². The number of aromatic nitrogens is 1. The van der Waals surface area contributed by atoms with E-state index in [4.69, 9.17) is 0 Å². The van der Waals surface area contributed by atoms with Crippen molar-refractivity contribution in [1.29, 1.82) is 0 Å². The number of halogens is 1. The minimum atomic E-state index is -0.778. The minimum absolute atomic E-state index is 0.202. The lowest BCUT2D eigenvalue weighted by molar-refractivity contribution is 0.443. The van der Waals surface area contributed by atoms with Gasteiger partial charge in [-0.15, -0.1) is 0 Å². The van der Waals surface area contributed by atoms with Crippen LogP contribution in [-0.4, -0.2) is 47.1 Å². The molecule has 2 aliphatic rings. The van der Waals surface area contributed by atoms with Crippen molar-refractivity contribution in [1.82, 2.24) is 14.8 Å². The third-order valence-electron chi connectivity index (χ3n) is 4.77. The third-order valence-corrected chi connectivity index (χ3v) is 7.79. The SMILES string of the molecule is CN1C=CS2(C)CN(CCc3ccc4c(F)cccc4n3)C=C2C1. The Bertz CT molecular complexity index is 848. The van der Waals surface area contributed by atoms with Gasteiger partial charge in [0.15, 0.2) is 0 Å². The summed E-state index contributed by atoms with van der Waals surface area (Å²) in [4.78, 5) is 10.8. The van der Waals surface area contributed by atoms with Crippen molar-refractivity contribution in [3.63, 3.8) is 0 Å². The lowest BCUT2D eigenvalue weighted by Crippen LogP contribution is -2.22. The molecule has 0 spiro atoms. The highest BCUT2D eigenvalue weighted by molar-refractivity contribution is 8.38. The fourth-order valence-corrected chi connectivity index (χ4v) is 6.01. The molecule has 5 heteroatoms. The van der Waals surface area contributed by atoms with Gasteiger partial charge in [-0.1, -0.05) is 6.07 Å². The topological polar surface area (TPSA) is 19.4 Å². The van der Waals surface area contributed by atoms with E-state index in [-0.39, 0.29) is 5.82 Å². The summed E-state index contributed by atoms with van der Waals surface area (Å²) >= 11 is 0. The lowest BCUT2D eigenvalue weighted by atomic mass is 10.1. The number of fused-ring (bicyclic) bond motifs is 2. The molecule has 0 saturated carbocycles. The van der Waals surface area contributed by atoms with E-state index >= 15 is 0 Å². The van der Waals surface area contributed by atoms with E-state index in [9.17, 15) is 4.39 Å². The van der Waals surface area contributed by atoms with E-state index in [0.29, 0.717) is 5.39 Å². The van der Waals surface area contributed by atoms with Crippen LogP contribution < -0.4 is 0 Å². The zero-order chi connectivity index (χ0) is 16.7. The molecule has 3 heterocycles. The maximum absolute atomic E-state index is 13.7. The zero-order valence-electron chi connectivity index (χ0n) is 14.1. The molecule has 0 aliphatic carbocycles. The summed E-state index contributed by atoms with van der Waals surface area (Å²) in [6, 6.07) is 8.87. The van der Waals surface area contributed by atoms with Crippen LogP contribution in [0.15, 0.2) is 53.0 Å². The Balaban J connectivity index is 1.47. The highest BCUT2D eigenvalue weighted by Gasteiger charge is 2.32. The molecule has 4 rings (SSSR count). The molecule has 0 fully saturated rings. The molecule has 24 heavy (non-hydrogen) atoms. The predicted molar refractivity (Wildman–Crippen MR) is 100 cm³/mol. The first-order valence-electron chi connectivity index (χ1n) is 8.17. The molecule has 1 unspecified atom stereocenters. The molecule has 1 aromatic heterocycles. The molecule has 0 radical (unpaired) electrons. The van der Waals surface area contributed by atoms with Crippen molar-refractivity contribution in [3.8, 4) is 0 Å². The molecule has 2 aliphatic heterocycles. The van der Waals surface area contributed by atoms with Crippen LogP contribution in [0.5, 0.6) is 0 Å². The Morgan fingerprint density at radius 1 is 1.25 bits per heavy atom. The Morgan fingerprint density at radius 2 is 2.12 bits per heavy atom. The van der Waals surface area contributed by atoms with E-state index in [1.165, 1.54) is 6.07 Å². The van der Waals surface area contributed by atoms with Gasteiger partial charge in [-0.05, 0) is 35.9 Å². The normalized spacial score (nSPS) is 25.5. The fourth-order valence-electron chi connectivity index (χ4n) is 3.33. The number of likely N-dealkylation sites (N-methyl/N-ethyl adjacent to an activating group) is 1. The number of benzene rings is 1. The highest BCUT2D eigenvalue weighted by atomic mass is 32.3. The number of rotatable bonds is 3. The van der Waals surface area contributed by atoms with Crippen molar-refractivity contribution in [2.24, 2.45) is 0 Å². The molecule has 1 aromatic carbocycles. The molecule has 0 N–H and O–H groups in total. The van der Waals surface area contributed by atoms with Gasteiger partial charge in [0.1, 0.15) is 5.82 Å². The highest BCUT2D eigenvalue weighted by Crippen LogP contribution is 2.59. The van der Waals surface area contributed by atoms with Gasteiger partial charge in [0.2, 0.25) is 0 Å². The van der Waals surface area contributed by atoms with Crippen molar-refractivity contribution in [2.75, 3.05) is 32.3 Å². The van der Waals surface area contributed by atoms with Crippen LogP contribution >= 0.6 is 10.0 Å². The van der Waals surface area contributed by atoms with Crippen LogP contribution in [0.2, 0.25) is 0 Å². The largest absolute Gasteiger partial charge is 0.375 e. The average Bonchev–Trinajstić information content (AvgIpc) is 2.89. The summed E-state index contributed by atoms with van der Waals surface area (Å²) in [6.07, 6.45) is 7.83. The number of pyridine rings is 1.